The van der Waals surface area contributed by atoms with Gasteiger partial charge in [0.15, 0.2) is 0 Å². The fraction of sp³-hybridized carbons (Fsp3) is 0.435. The number of nitrogens with zero attached hydrogens (tertiary/aromatic N) is 1. The van der Waals surface area contributed by atoms with E-state index in [9.17, 15) is 36.2 Å². The van der Waals surface area contributed by atoms with E-state index in [1.165, 1.54) is 24.3 Å². The predicted molar refractivity (Wildman–Crippen MR) is 106 cm³/mol. The maximum atomic E-state index is 12.9. The van der Waals surface area contributed by atoms with E-state index < -0.39 is 35.4 Å². The van der Waals surface area contributed by atoms with E-state index in [2.05, 4.69) is 0 Å². The predicted octanol–water partition coefficient (Wildman–Crippen LogP) is 6.05. The lowest BCUT2D eigenvalue weighted by Crippen LogP contribution is -2.42. The maximum Gasteiger partial charge on any atom is 0.416 e. The van der Waals surface area contributed by atoms with Crippen LogP contribution < -0.4 is 0 Å². The summed E-state index contributed by atoms with van der Waals surface area (Å²) >= 11 is 0. The third-order valence-corrected chi connectivity index (χ3v) is 6.05. The summed E-state index contributed by atoms with van der Waals surface area (Å²) in [6.07, 6.45) is -8.37. The first-order valence-corrected chi connectivity index (χ1v) is 10.1. The zero-order chi connectivity index (χ0) is 23.7. The monoisotopic (exact) mass is 459 g/mol. The van der Waals surface area contributed by atoms with Gasteiger partial charge in [0.2, 0.25) is 0 Å². The van der Waals surface area contributed by atoms with Crippen molar-refractivity contribution in [1.82, 2.24) is 4.90 Å². The standard InChI is InChI=1S/C23H23F6NO2/c1-14(21(31)32)17-10-18(16-4-8-20(9-5-16)23(27,28)29)13-30(12-17)11-15-2-6-19(7-3-15)22(24,25)26/h2-9,14,17-18H,10-13H2,1H3,(H,31,32)/t14-,17-,18+/m0/s1. The summed E-state index contributed by atoms with van der Waals surface area (Å²) < 4.78 is 77.0. The molecular weight excluding hydrogens is 436 g/mol. The van der Waals surface area contributed by atoms with Gasteiger partial charge < -0.3 is 5.11 Å². The SMILES string of the molecule is C[C@H](C(=O)O)[C@H]1C[C@@H](c2ccc(C(F)(F)F)cc2)CN(Cc2ccc(C(F)(F)F)cc2)C1. The number of hydrogen-bond acceptors (Lipinski definition) is 2. The number of piperidine rings is 1. The topological polar surface area (TPSA) is 40.5 Å². The molecule has 1 fully saturated rings. The highest BCUT2D eigenvalue weighted by molar-refractivity contribution is 5.70. The second kappa shape index (κ2) is 9.13. The number of carbonyl (C=O) groups is 1. The lowest BCUT2D eigenvalue weighted by Gasteiger charge is -2.39. The number of alkyl halides is 6. The van der Waals surface area contributed by atoms with Gasteiger partial charge in [-0.15, -0.1) is 0 Å². The lowest BCUT2D eigenvalue weighted by molar-refractivity contribution is -0.144. The third kappa shape index (κ3) is 5.82. The first-order valence-electron chi connectivity index (χ1n) is 10.1. The molecule has 3 atom stereocenters. The van der Waals surface area contributed by atoms with Crippen molar-refractivity contribution in [3.05, 3.63) is 70.8 Å². The van der Waals surface area contributed by atoms with Crippen LogP contribution in [0.1, 0.15) is 41.5 Å². The number of likely N-dealkylation sites (tertiary alicyclic amines) is 1. The van der Waals surface area contributed by atoms with Gasteiger partial charge in [0.1, 0.15) is 0 Å². The highest BCUT2D eigenvalue weighted by Crippen LogP contribution is 2.37. The molecule has 0 saturated carbocycles. The van der Waals surface area contributed by atoms with Crippen LogP contribution in [0.15, 0.2) is 48.5 Å². The molecule has 0 amide bonds. The van der Waals surface area contributed by atoms with Gasteiger partial charge in [0.05, 0.1) is 17.0 Å². The van der Waals surface area contributed by atoms with Crippen LogP contribution in [-0.4, -0.2) is 29.1 Å². The van der Waals surface area contributed by atoms with Gasteiger partial charge >= 0.3 is 18.3 Å². The Morgan fingerprint density at radius 3 is 1.91 bits per heavy atom. The number of hydrogen-bond donors (Lipinski definition) is 1. The van der Waals surface area contributed by atoms with Crippen LogP contribution in [0.2, 0.25) is 0 Å². The van der Waals surface area contributed by atoms with Crippen LogP contribution in [0.3, 0.4) is 0 Å². The molecule has 1 aliphatic rings. The molecule has 0 unspecified atom stereocenters. The number of rotatable bonds is 5. The average Bonchev–Trinajstić information content (AvgIpc) is 2.72. The first kappa shape index (κ1) is 24.1. The molecule has 1 saturated heterocycles. The molecule has 3 nitrogen and oxygen atoms in total. The summed E-state index contributed by atoms with van der Waals surface area (Å²) in [5.41, 5.74) is -0.181. The van der Waals surface area contributed by atoms with Gasteiger partial charge in [-0.1, -0.05) is 31.2 Å². The van der Waals surface area contributed by atoms with Crippen LogP contribution in [0.25, 0.3) is 0 Å². The zero-order valence-electron chi connectivity index (χ0n) is 17.2. The summed E-state index contributed by atoms with van der Waals surface area (Å²) in [5, 5.41) is 9.45. The average molecular weight is 459 g/mol. The fourth-order valence-corrected chi connectivity index (χ4v) is 4.17. The van der Waals surface area contributed by atoms with Crippen molar-refractivity contribution in [1.29, 1.82) is 0 Å². The summed E-state index contributed by atoms with van der Waals surface area (Å²) in [7, 11) is 0. The van der Waals surface area contributed by atoms with Gasteiger partial charge in [-0.3, -0.25) is 9.69 Å². The van der Waals surface area contributed by atoms with Crippen LogP contribution in [0.4, 0.5) is 26.3 Å². The van der Waals surface area contributed by atoms with E-state index in [-0.39, 0.29) is 11.8 Å². The molecule has 1 N–H and O–H groups in total. The number of aliphatic carboxylic acids is 1. The molecule has 2 aromatic carbocycles. The summed E-state index contributed by atoms with van der Waals surface area (Å²) in [4.78, 5) is 13.5. The van der Waals surface area contributed by atoms with Crippen molar-refractivity contribution in [2.75, 3.05) is 13.1 Å². The summed E-state index contributed by atoms with van der Waals surface area (Å²) in [5.74, 6) is -2.06. The molecule has 0 aliphatic carbocycles. The molecular formula is C23H23F6NO2. The van der Waals surface area contributed by atoms with Crippen molar-refractivity contribution >= 4 is 5.97 Å². The number of halogens is 6. The van der Waals surface area contributed by atoms with Crippen molar-refractivity contribution in [2.24, 2.45) is 11.8 Å². The maximum absolute atomic E-state index is 12.9. The zero-order valence-corrected chi connectivity index (χ0v) is 17.2. The van der Waals surface area contributed by atoms with Crippen LogP contribution in [0.5, 0.6) is 0 Å². The lowest BCUT2D eigenvalue weighted by atomic mass is 9.78. The Morgan fingerprint density at radius 1 is 0.938 bits per heavy atom. The molecule has 0 spiro atoms. The van der Waals surface area contributed by atoms with Crippen molar-refractivity contribution in [3.63, 3.8) is 0 Å². The molecule has 3 rings (SSSR count). The highest BCUT2D eigenvalue weighted by atomic mass is 19.4. The Kier molecular flexibility index (Phi) is 6.88. The van der Waals surface area contributed by atoms with E-state index in [1.54, 1.807) is 6.92 Å². The van der Waals surface area contributed by atoms with Gasteiger partial charge in [0.25, 0.3) is 0 Å². The van der Waals surface area contributed by atoms with E-state index in [0.29, 0.717) is 37.2 Å². The molecule has 0 radical (unpaired) electrons. The Balaban J connectivity index is 1.80. The van der Waals surface area contributed by atoms with Crippen LogP contribution >= 0.6 is 0 Å². The molecule has 9 heteroatoms. The minimum atomic E-state index is -4.44. The van der Waals surface area contributed by atoms with E-state index in [1.807, 2.05) is 4.90 Å². The Labute approximate surface area is 181 Å². The Morgan fingerprint density at radius 2 is 1.44 bits per heavy atom. The van der Waals surface area contributed by atoms with E-state index in [4.69, 9.17) is 0 Å². The highest BCUT2D eigenvalue weighted by Gasteiger charge is 2.35. The van der Waals surface area contributed by atoms with Crippen molar-refractivity contribution < 1.29 is 36.2 Å². The van der Waals surface area contributed by atoms with Gasteiger partial charge in [-0.25, -0.2) is 0 Å². The quantitative estimate of drug-likeness (QED) is 0.554. The smallest absolute Gasteiger partial charge is 0.416 e. The number of carboxylic acid groups (broad SMARTS) is 1. The van der Waals surface area contributed by atoms with Crippen LogP contribution in [-0.2, 0) is 23.7 Å². The van der Waals surface area contributed by atoms with Gasteiger partial charge in [0, 0.05) is 19.6 Å². The third-order valence-electron chi connectivity index (χ3n) is 6.05. The van der Waals surface area contributed by atoms with Crippen molar-refractivity contribution in [3.8, 4) is 0 Å². The number of benzene rings is 2. The fourth-order valence-electron chi connectivity index (χ4n) is 4.17. The first-order chi connectivity index (χ1) is 14.8. The van der Waals surface area contributed by atoms with Crippen LogP contribution in [0, 0.1) is 11.8 Å². The van der Waals surface area contributed by atoms with Gasteiger partial charge in [-0.05, 0) is 53.6 Å². The Hall–Kier alpha value is -2.55. The minimum Gasteiger partial charge on any atom is -0.481 e. The minimum absolute atomic E-state index is 0.188. The molecule has 1 aliphatic heterocycles. The summed E-state index contributed by atoms with van der Waals surface area (Å²) in [6, 6.07) is 9.64. The molecule has 1 heterocycles. The second-order valence-electron chi connectivity index (χ2n) is 8.33. The largest absolute Gasteiger partial charge is 0.481 e. The molecule has 2 aromatic rings. The second-order valence-corrected chi connectivity index (χ2v) is 8.33. The Bertz CT molecular complexity index is 921. The molecule has 0 bridgehead atoms. The molecule has 174 valence electrons. The molecule has 0 aromatic heterocycles. The molecule has 32 heavy (non-hydrogen) atoms. The van der Waals surface area contributed by atoms with E-state index >= 15 is 0 Å². The normalized spacial score (nSPS) is 21.3. The van der Waals surface area contributed by atoms with Gasteiger partial charge in [-0.2, -0.15) is 26.3 Å². The number of carboxylic acids is 1. The summed E-state index contributed by atoms with van der Waals surface area (Å²) in [6.45, 7) is 2.82. The van der Waals surface area contributed by atoms with E-state index in [0.717, 1.165) is 24.3 Å². The van der Waals surface area contributed by atoms with Crippen molar-refractivity contribution in [2.45, 2.75) is 38.2 Å².